The van der Waals surface area contributed by atoms with Gasteiger partial charge in [0.15, 0.2) is 0 Å². The van der Waals surface area contributed by atoms with Crippen molar-refractivity contribution >= 4 is 23.5 Å². The molecule has 1 aromatic carbocycles. The Morgan fingerprint density at radius 1 is 1.35 bits per heavy atom. The van der Waals surface area contributed by atoms with Gasteiger partial charge in [0, 0.05) is 18.6 Å². The molecule has 1 rings (SSSR count). The zero-order valence-corrected chi connectivity index (χ0v) is 12.6. The minimum Gasteiger partial charge on any atom is -0.496 e. The molecule has 0 saturated carbocycles. The molecule has 20 heavy (non-hydrogen) atoms. The molecule has 0 saturated heterocycles. The molecule has 110 valence electrons. The van der Waals surface area contributed by atoms with Gasteiger partial charge >= 0.3 is 5.97 Å². The molecular weight excluding hydrogens is 282 g/mol. The molecule has 0 spiro atoms. The number of methoxy groups -OCH3 is 1. The summed E-state index contributed by atoms with van der Waals surface area (Å²) in [7, 11) is 3.10. The average molecular weight is 300 g/mol. The van der Waals surface area contributed by atoms with Crippen LogP contribution in [0.3, 0.4) is 0 Å². The van der Waals surface area contributed by atoms with Crippen LogP contribution < -0.4 is 4.74 Å². The third kappa shape index (κ3) is 4.42. The van der Waals surface area contributed by atoms with Gasteiger partial charge in [-0.3, -0.25) is 9.59 Å². The van der Waals surface area contributed by atoms with Crippen molar-refractivity contribution in [3.05, 3.63) is 28.8 Å². The summed E-state index contributed by atoms with van der Waals surface area (Å²) < 4.78 is 9.96. The molecule has 0 aliphatic rings. The van der Waals surface area contributed by atoms with Crippen LogP contribution in [0.4, 0.5) is 0 Å². The molecule has 0 N–H and O–H groups in total. The Labute approximate surface area is 123 Å². The van der Waals surface area contributed by atoms with E-state index in [4.69, 9.17) is 21.1 Å². The molecule has 0 aliphatic carbocycles. The van der Waals surface area contributed by atoms with Gasteiger partial charge in [0.2, 0.25) is 0 Å². The van der Waals surface area contributed by atoms with Crippen LogP contribution in [0.1, 0.15) is 23.7 Å². The first-order valence-corrected chi connectivity index (χ1v) is 6.62. The van der Waals surface area contributed by atoms with Gasteiger partial charge in [-0.05, 0) is 25.1 Å². The molecular formula is C14H18ClNO4. The lowest BCUT2D eigenvalue weighted by Crippen LogP contribution is -2.29. The van der Waals surface area contributed by atoms with E-state index < -0.39 is 0 Å². The first kappa shape index (κ1) is 16.3. The van der Waals surface area contributed by atoms with Gasteiger partial charge in [-0.2, -0.15) is 0 Å². The molecule has 5 nitrogen and oxygen atoms in total. The zero-order valence-electron chi connectivity index (χ0n) is 11.8. The largest absolute Gasteiger partial charge is 0.496 e. The van der Waals surface area contributed by atoms with Gasteiger partial charge < -0.3 is 14.4 Å². The number of ether oxygens (including phenoxy) is 2. The van der Waals surface area contributed by atoms with E-state index in [1.54, 1.807) is 32.2 Å². The summed E-state index contributed by atoms with van der Waals surface area (Å²) in [5.74, 6) is -0.138. The normalized spacial score (nSPS) is 10.0. The molecule has 0 aliphatic heterocycles. The van der Waals surface area contributed by atoms with E-state index in [0.29, 0.717) is 22.9 Å². The predicted molar refractivity (Wildman–Crippen MR) is 76.2 cm³/mol. The Kier molecular flexibility index (Phi) is 6.31. The fourth-order valence-electron chi connectivity index (χ4n) is 1.65. The van der Waals surface area contributed by atoms with Crippen LogP contribution in [0.25, 0.3) is 0 Å². The number of rotatable bonds is 6. The van der Waals surface area contributed by atoms with E-state index in [2.05, 4.69) is 0 Å². The standard InChI is InChI=1S/C14H18ClNO4/c1-4-20-13(17)7-8-16(2)14(18)11-9-10(15)5-6-12(11)19-3/h5-6,9H,4,7-8H2,1-3H3. The number of hydrogen-bond acceptors (Lipinski definition) is 4. The van der Waals surface area contributed by atoms with E-state index >= 15 is 0 Å². The summed E-state index contributed by atoms with van der Waals surface area (Å²) in [6.07, 6.45) is 0.152. The van der Waals surface area contributed by atoms with Crippen molar-refractivity contribution in [2.75, 3.05) is 27.3 Å². The van der Waals surface area contributed by atoms with Gasteiger partial charge in [0.25, 0.3) is 5.91 Å². The summed E-state index contributed by atoms with van der Waals surface area (Å²) >= 11 is 5.89. The van der Waals surface area contributed by atoms with Gasteiger partial charge in [0.1, 0.15) is 5.75 Å². The fraction of sp³-hybridized carbons (Fsp3) is 0.429. The maximum Gasteiger partial charge on any atom is 0.307 e. The number of amides is 1. The Bertz CT molecular complexity index is 490. The minimum absolute atomic E-state index is 0.152. The highest BCUT2D eigenvalue weighted by Crippen LogP contribution is 2.23. The monoisotopic (exact) mass is 299 g/mol. The van der Waals surface area contributed by atoms with Crippen LogP contribution in [-0.2, 0) is 9.53 Å². The van der Waals surface area contributed by atoms with E-state index in [1.807, 2.05) is 0 Å². The molecule has 0 heterocycles. The first-order chi connectivity index (χ1) is 9.49. The van der Waals surface area contributed by atoms with E-state index in [0.717, 1.165) is 0 Å². The van der Waals surface area contributed by atoms with Crippen LogP contribution >= 0.6 is 11.6 Å². The topological polar surface area (TPSA) is 55.8 Å². The lowest BCUT2D eigenvalue weighted by Gasteiger charge is -2.18. The predicted octanol–water partition coefficient (Wildman–Crippen LogP) is 2.37. The second-order valence-corrected chi connectivity index (χ2v) is 4.56. The van der Waals surface area contributed by atoms with Crippen molar-refractivity contribution < 1.29 is 19.1 Å². The van der Waals surface area contributed by atoms with Gasteiger partial charge in [-0.25, -0.2) is 0 Å². The van der Waals surface area contributed by atoms with Crippen LogP contribution in [-0.4, -0.2) is 44.1 Å². The second kappa shape index (κ2) is 7.75. The number of nitrogens with zero attached hydrogens (tertiary/aromatic N) is 1. The summed E-state index contributed by atoms with van der Waals surface area (Å²) in [6, 6.07) is 4.83. The molecule has 1 amide bonds. The fourth-order valence-corrected chi connectivity index (χ4v) is 1.82. The van der Waals surface area contributed by atoms with E-state index in [1.165, 1.54) is 12.0 Å². The number of hydrogen-bond donors (Lipinski definition) is 0. The Hall–Kier alpha value is -1.75. The maximum atomic E-state index is 12.3. The quantitative estimate of drug-likeness (QED) is 0.757. The molecule has 0 bridgehead atoms. The number of esters is 1. The zero-order chi connectivity index (χ0) is 15.1. The molecule has 1 aromatic rings. The third-order valence-electron chi connectivity index (χ3n) is 2.70. The SMILES string of the molecule is CCOC(=O)CCN(C)C(=O)c1cc(Cl)ccc1OC. The van der Waals surface area contributed by atoms with Crippen molar-refractivity contribution in [3.8, 4) is 5.75 Å². The highest BCUT2D eigenvalue weighted by molar-refractivity contribution is 6.31. The number of benzene rings is 1. The van der Waals surface area contributed by atoms with Crippen molar-refractivity contribution in [2.45, 2.75) is 13.3 Å². The third-order valence-corrected chi connectivity index (χ3v) is 2.93. The molecule has 0 fully saturated rings. The molecule has 0 atom stereocenters. The molecule has 0 aromatic heterocycles. The first-order valence-electron chi connectivity index (χ1n) is 6.24. The summed E-state index contributed by atoms with van der Waals surface area (Å²) in [5.41, 5.74) is 0.367. The van der Waals surface area contributed by atoms with Crippen molar-refractivity contribution in [3.63, 3.8) is 0 Å². The van der Waals surface area contributed by atoms with Crippen LogP contribution in [0.5, 0.6) is 5.75 Å². The second-order valence-electron chi connectivity index (χ2n) is 4.13. The molecule has 6 heteroatoms. The van der Waals surface area contributed by atoms with Crippen LogP contribution in [0.2, 0.25) is 5.02 Å². The van der Waals surface area contributed by atoms with Crippen LogP contribution in [0, 0.1) is 0 Å². The Morgan fingerprint density at radius 3 is 2.65 bits per heavy atom. The van der Waals surface area contributed by atoms with Crippen LogP contribution in [0.15, 0.2) is 18.2 Å². The lowest BCUT2D eigenvalue weighted by atomic mass is 10.1. The average Bonchev–Trinajstić information content (AvgIpc) is 2.44. The highest BCUT2D eigenvalue weighted by atomic mass is 35.5. The lowest BCUT2D eigenvalue weighted by molar-refractivity contribution is -0.143. The molecule has 0 unspecified atom stereocenters. The highest BCUT2D eigenvalue weighted by Gasteiger charge is 2.18. The van der Waals surface area contributed by atoms with Gasteiger partial charge in [-0.15, -0.1) is 0 Å². The Morgan fingerprint density at radius 2 is 2.05 bits per heavy atom. The summed E-state index contributed by atoms with van der Waals surface area (Å²) in [4.78, 5) is 25.0. The molecule has 0 radical (unpaired) electrons. The number of carbonyl (C=O) groups is 2. The number of carbonyl (C=O) groups excluding carboxylic acids is 2. The summed E-state index contributed by atoms with van der Waals surface area (Å²) in [6.45, 7) is 2.34. The van der Waals surface area contributed by atoms with Crippen molar-refractivity contribution in [1.82, 2.24) is 4.90 Å². The smallest absolute Gasteiger partial charge is 0.307 e. The van der Waals surface area contributed by atoms with Crippen molar-refractivity contribution in [1.29, 1.82) is 0 Å². The van der Waals surface area contributed by atoms with Gasteiger partial charge in [0.05, 0.1) is 25.7 Å². The Balaban J connectivity index is 2.74. The van der Waals surface area contributed by atoms with Gasteiger partial charge in [-0.1, -0.05) is 11.6 Å². The number of halogens is 1. The van der Waals surface area contributed by atoms with E-state index in [9.17, 15) is 9.59 Å². The maximum absolute atomic E-state index is 12.3. The van der Waals surface area contributed by atoms with Crippen molar-refractivity contribution in [2.24, 2.45) is 0 Å². The summed E-state index contributed by atoms with van der Waals surface area (Å²) in [5, 5.41) is 0.452. The minimum atomic E-state index is -0.329. The van der Waals surface area contributed by atoms with E-state index in [-0.39, 0.29) is 24.8 Å².